The molecular weight excluding hydrogens is 266 g/mol. The lowest BCUT2D eigenvalue weighted by molar-refractivity contribution is -0.143. The summed E-state index contributed by atoms with van der Waals surface area (Å²) in [6, 6.07) is -0.721. The number of carboxylic acids is 1. The van der Waals surface area contributed by atoms with Gasteiger partial charge in [-0.15, -0.1) is 11.3 Å². The molecule has 1 saturated heterocycles. The quantitative estimate of drug-likeness (QED) is 0.849. The second-order valence-corrected chi connectivity index (χ2v) is 5.46. The van der Waals surface area contributed by atoms with Crippen LogP contribution in [0.2, 0.25) is 0 Å². The number of nitrogens with zero attached hydrogens (tertiary/aromatic N) is 2. The summed E-state index contributed by atoms with van der Waals surface area (Å²) in [7, 11) is 0. The molecule has 0 saturated carbocycles. The van der Waals surface area contributed by atoms with Crippen molar-refractivity contribution in [1.29, 1.82) is 0 Å². The molecule has 3 N–H and O–H groups in total. The van der Waals surface area contributed by atoms with Crippen molar-refractivity contribution in [3.63, 3.8) is 0 Å². The molecule has 6 nitrogen and oxygen atoms in total. The van der Waals surface area contributed by atoms with E-state index in [9.17, 15) is 9.59 Å². The fourth-order valence-electron chi connectivity index (χ4n) is 2.23. The van der Waals surface area contributed by atoms with Gasteiger partial charge >= 0.3 is 5.97 Å². The highest BCUT2D eigenvalue weighted by molar-refractivity contribution is 7.09. The molecule has 0 aromatic carbocycles. The van der Waals surface area contributed by atoms with Crippen LogP contribution in [-0.4, -0.2) is 46.0 Å². The smallest absolute Gasteiger partial charge is 0.326 e. The Bertz CT molecular complexity index is 475. The summed E-state index contributed by atoms with van der Waals surface area (Å²) in [5.74, 6) is -1.22. The van der Waals surface area contributed by atoms with Crippen molar-refractivity contribution in [3.8, 4) is 0 Å². The van der Waals surface area contributed by atoms with Gasteiger partial charge in [-0.1, -0.05) is 0 Å². The average molecular weight is 283 g/mol. The van der Waals surface area contributed by atoms with Crippen molar-refractivity contribution in [2.45, 2.75) is 31.7 Å². The highest BCUT2D eigenvalue weighted by Gasteiger charge is 2.33. The summed E-state index contributed by atoms with van der Waals surface area (Å²) in [6.45, 7) is 0.974. The first-order chi connectivity index (χ1) is 9.13. The number of hydrogen-bond donors (Lipinski definition) is 2. The van der Waals surface area contributed by atoms with Crippen molar-refractivity contribution < 1.29 is 14.7 Å². The van der Waals surface area contributed by atoms with E-state index in [-0.39, 0.29) is 5.91 Å². The van der Waals surface area contributed by atoms with Gasteiger partial charge in [0.2, 0.25) is 0 Å². The molecule has 1 amide bonds. The molecular formula is C12H17N3O3S. The lowest BCUT2D eigenvalue weighted by Gasteiger charge is -2.32. The molecule has 1 atom stereocenters. The summed E-state index contributed by atoms with van der Waals surface area (Å²) in [5.41, 5.74) is 5.78. The largest absolute Gasteiger partial charge is 0.480 e. The van der Waals surface area contributed by atoms with Crippen LogP contribution in [-0.2, 0) is 11.2 Å². The standard InChI is InChI=1S/C12H17N3O3S/c13-5-4-10-14-8(7-19-10)11(16)15-6-2-1-3-9(15)12(17)18/h7,9H,1-6,13H2,(H,17,18). The van der Waals surface area contributed by atoms with E-state index in [1.807, 2.05) is 0 Å². The maximum atomic E-state index is 12.3. The van der Waals surface area contributed by atoms with Crippen LogP contribution in [0.25, 0.3) is 0 Å². The first-order valence-electron chi connectivity index (χ1n) is 6.31. The van der Waals surface area contributed by atoms with Crippen LogP contribution in [0.5, 0.6) is 0 Å². The zero-order valence-corrected chi connectivity index (χ0v) is 11.4. The van der Waals surface area contributed by atoms with Crippen LogP contribution >= 0.6 is 11.3 Å². The number of nitrogens with two attached hydrogens (primary N) is 1. The third kappa shape index (κ3) is 3.10. The van der Waals surface area contributed by atoms with Crippen LogP contribution in [0, 0.1) is 0 Å². The number of aromatic nitrogens is 1. The normalized spacial score (nSPS) is 19.4. The lowest BCUT2D eigenvalue weighted by Crippen LogP contribution is -2.48. The van der Waals surface area contributed by atoms with Gasteiger partial charge in [-0.25, -0.2) is 9.78 Å². The Morgan fingerprint density at radius 3 is 3.00 bits per heavy atom. The maximum absolute atomic E-state index is 12.3. The number of hydrogen-bond acceptors (Lipinski definition) is 5. The molecule has 1 aliphatic rings. The summed E-state index contributed by atoms with van der Waals surface area (Å²) < 4.78 is 0. The Morgan fingerprint density at radius 2 is 2.32 bits per heavy atom. The van der Waals surface area contributed by atoms with E-state index in [0.717, 1.165) is 17.8 Å². The van der Waals surface area contributed by atoms with Crippen molar-refractivity contribution >= 4 is 23.2 Å². The van der Waals surface area contributed by atoms with E-state index in [2.05, 4.69) is 4.98 Å². The maximum Gasteiger partial charge on any atom is 0.326 e. The molecule has 1 aromatic heterocycles. The number of amides is 1. The number of rotatable bonds is 4. The Hall–Kier alpha value is -1.47. The van der Waals surface area contributed by atoms with E-state index in [1.54, 1.807) is 5.38 Å². The molecule has 2 rings (SSSR count). The SMILES string of the molecule is NCCc1nc(C(=O)N2CCCCC2C(=O)O)cs1. The zero-order valence-electron chi connectivity index (χ0n) is 10.5. The third-order valence-corrected chi connectivity index (χ3v) is 4.09. The van der Waals surface area contributed by atoms with Gasteiger partial charge in [-0.05, 0) is 25.8 Å². The van der Waals surface area contributed by atoms with E-state index < -0.39 is 12.0 Å². The van der Waals surface area contributed by atoms with Crippen molar-refractivity contribution in [2.24, 2.45) is 5.73 Å². The van der Waals surface area contributed by atoms with Crippen molar-refractivity contribution in [3.05, 3.63) is 16.1 Å². The van der Waals surface area contributed by atoms with Gasteiger partial charge in [-0.2, -0.15) is 0 Å². The van der Waals surface area contributed by atoms with Crippen LogP contribution in [0.15, 0.2) is 5.38 Å². The zero-order chi connectivity index (χ0) is 13.8. The summed E-state index contributed by atoms with van der Waals surface area (Å²) in [5, 5.41) is 11.7. The molecule has 1 fully saturated rings. The highest BCUT2D eigenvalue weighted by atomic mass is 32.1. The first kappa shape index (κ1) is 14.0. The second-order valence-electron chi connectivity index (χ2n) is 4.51. The number of thiazole rings is 1. The van der Waals surface area contributed by atoms with Gasteiger partial charge in [0.05, 0.1) is 5.01 Å². The van der Waals surface area contributed by atoms with E-state index in [0.29, 0.717) is 31.6 Å². The van der Waals surface area contributed by atoms with Crippen LogP contribution in [0.3, 0.4) is 0 Å². The Balaban J connectivity index is 2.14. The molecule has 1 unspecified atom stereocenters. The molecule has 0 radical (unpaired) electrons. The average Bonchev–Trinajstić information content (AvgIpc) is 2.87. The number of aliphatic carboxylic acids is 1. The number of likely N-dealkylation sites (tertiary alicyclic amines) is 1. The number of piperidine rings is 1. The second kappa shape index (κ2) is 6.12. The Labute approximate surface area is 115 Å². The lowest BCUT2D eigenvalue weighted by atomic mass is 10.0. The highest BCUT2D eigenvalue weighted by Crippen LogP contribution is 2.21. The Kier molecular flexibility index (Phi) is 4.49. The van der Waals surface area contributed by atoms with Gasteiger partial charge in [0, 0.05) is 18.3 Å². The number of carbonyl (C=O) groups excluding carboxylic acids is 1. The van der Waals surface area contributed by atoms with Gasteiger partial charge < -0.3 is 15.7 Å². The Morgan fingerprint density at radius 1 is 1.53 bits per heavy atom. The topological polar surface area (TPSA) is 96.5 Å². The minimum atomic E-state index is -0.939. The fraction of sp³-hybridized carbons (Fsp3) is 0.583. The number of carboxylic acid groups (broad SMARTS) is 1. The molecule has 7 heteroatoms. The minimum Gasteiger partial charge on any atom is -0.480 e. The van der Waals surface area contributed by atoms with Crippen LogP contribution < -0.4 is 5.73 Å². The molecule has 0 bridgehead atoms. The van der Waals surface area contributed by atoms with Gasteiger partial charge in [-0.3, -0.25) is 4.79 Å². The van der Waals surface area contributed by atoms with Crippen molar-refractivity contribution in [2.75, 3.05) is 13.1 Å². The first-order valence-corrected chi connectivity index (χ1v) is 7.19. The predicted molar refractivity (Wildman–Crippen MR) is 71.2 cm³/mol. The van der Waals surface area contributed by atoms with Crippen molar-refractivity contribution in [1.82, 2.24) is 9.88 Å². The molecule has 104 valence electrons. The molecule has 0 aliphatic carbocycles. The molecule has 2 heterocycles. The van der Waals surface area contributed by atoms with E-state index >= 15 is 0 Å². The molecule has 1 aliphatic heterocycles. The predicted octanol–water partition coefficient (Wildman–Crippen LogP) is 0.724. The summed E-state index contributed by atoms with van der Waals surface area (Å²) >= 11 is 1.39. The fourth-order valence-corrected chi connectivity index (χ4v) is 3.01. The minimum absolute atomic E-state index is 0.286. The van der Waals surface area contributed by atoms with Gasteiger partial charge in [0.15, 0.2) is 0 Å². The summed E-state index contributed by atoms with van der Waals surface area (Å²) in [4.78, 5) is 29.1. The summed E-state index contributed by atoms with van der Waals surface area (Å²) in [6.07, 6.45) is 2.84. The third-order valence-electron chi connectivity index (χ3n) is 3.18. The van der Waals surface area contributed by atoms with E-state index in [4.69, 9.17) is 10.8 Å². The van der Waals surface area contributed by atoms with Gasteiger partial charge in [0.1, 0.15) is 11.7 Å². The van der Waals surface area contributed by atoms with Crippen LogP contribution in [0.4, 0.5) is 0 Å². The van der Waals surface area contributed by atoms with Crippen LogP contribution in [0.1, 0.15) is 34.8 Å². The molecule has 19 heavy (non-hydrogen) atoms. The monoisotopic (exact) mass is 283 g/mol. The number of carbonyl (C=O) groups is 2. The van der Waals surface area contributed by atoms with Gasteiger partial charge in [0.25, 0.3) is 5.91 Å². The van der Waals surface area contributed by atoms with E-state index in [1.165, 1.54) is 16.2 Å². The molecule has 0 spiro atoms. The molecule has 1 aromatic rings.